The van der Waals surface area contributed by atoms with Crippen molar-refractivity contribution in [2.24, 2.45) is 5.92 Å². The van der Waals surface area contributed by atoms with E-state index in [0.29, 0.717) is 16.3 Å². The third-order valence-electron chi connectivity index (χ3n) is 2.45. The quantitative estimate of drug-likeness (QED) is 0.629. The number of nitrogen functional groups attached to an aromatic ring is 1. The second-order valence-electron chi connectivity index (χ2n) is 3.79. The zero-order valence-corrected chi connectivity index (χ0v) is 9.84. The number of nitrogens with two attached hydrogens (primary N) is 1. The van der Waals surface area contributed by atoms with Crippen molar-refractivity contribution < 1.29 is 4.79 Å². The summed E-state index contributed by atoms with van der Waals surface area (Å²) < 4.78 is 0. The van der Waals surface area contributed by atoms with Crippen LogP contribution in [0.15, 0.2) is 18.2 Å². The highest BCUT2D eigenvalue weighted by molar-refractivity contribution is 6.33. The van der Waals surface area contributed by atoms with Crippen molar-refractivity contribution >= 4 is 23.1 Å². The highest BCUT2D eigenvalue weighted by atomic mass is 35.5. The molecule has 0 radical (unpaired) electrons. The Morgan fingerprint density at radius 3 is 2.73 bits per heavy atom. The minimum absolute atomic E-state index is 0.0515. The van der Waals surface area contributed by atoms with Gasteiger partial charge >= 0.3 is 0 Å². The van der Waals surface area contributed by atoms with E-state index in [1.165, 1.54) is 0 Å². The Kier molecular flexibility index (Phi) is 4.15. The van der Waals surface area contributed by atoms with Crippen LogP contribution in [0.2, 0.25) is 5.02 Å². The highest BCUT2D eigenvalue weighted by Crippen LogP contribution is 2.22. The summed E-state index contributed by atoms with van der Waals surface area (Å²) in [6.45, 7) is 4.01. The van der Waals surface area contributed by atoms with Crippen molar-refractivity contribution in [2.45, 2.75) is 26.7 Å². The first-order valence-electron chi connectivity index (χ1n) is 5.15. The first-order valence-corrected chi connectivity index (χ1v) is 5.53. The number of benzene rings is 1. The van der Waals surface area contributed by atoms with Crippen molar-refractivity contribution in [3.63, 3.8) is 0 Å². The molecule has 2 nitrogen and oxygen atoms in total. The van der Waals surface area contributed by atoms with Gasteiger partial charge in [0.25, 0.3) is 0 Å². The lowest BCUT2D eigenvalue weighted by Gasteiger charge is -2.09. The molecule has 1 atom stereocenters. The maximum absolute atomic E-state index is 11.9. The van der Waals surface area contributed by atoms with E-state index in [0.717, 1.165) is 12.8 Å². The summed E-state index contributed by atoms with van der Waals surface area (Å²) in [5.41, 5.74) is 6.76. The van der Waals surface area contributed by atoms with Gasteiger partial charge in [-0.15, -0.1) is 0 Å². The minimum atomic E-state index is 0.0515. The number of hydrogen-bond acceptors (Lipinski definition) is 2. The van der Waals surface area contributed by atoms with Gasteiger partial charge < -0.3 is 5.73 Å². The third-order valence-corrected chi connectivity index (χ3v) is 2.79. The van der Waals surface area contributed by atoms with Crippen LogP contribution in [0.4, 0.5) is 5.69 Å². The zero-order valence-electron chi connectivity index (χ0n) is 9.09. The predicted octanol–water partition coefficient (Wildman–Crippen LogP) is 3.54. The number of carbonyl (C=O) groups excluding carboxylic acids is 1. The van der Waals surface area contributed by atoms with Crippen LogP contribution in [0.25, 0.3) is 0 Å². The average molecular weight is 226 g/mol. The van der Waals surface area contributed by atoms with Gasteiger partial charge in [-0.25, -0.2) is 0 Å². The monoisotopic (exact) mass is 225 g/mol. The summed E-state index contributed by atoms with van der Waals surface area (Å²) in [5, 5.41) is 0.495. The van der Waals surface area contributed by atoms with Crippen LogP contribution in [0, 0.1) is 5.92 Å². The van der Waals surface area contributed by atoms with Gasteiger partial charge in [-0.1, -0.05) is 31.9 Å². The van der Waals surface area contributed by atoms with Crippen molar-refractivity contribution in [3.05, 3.63) is 28.8 Å². The molecule has 2 N–H and O–H groups in total. The van der Waals surface area contributed by atoms with Gasteiger partial charge in [0.2, 0.25) is 0 Å². The molecule has 1 unspecified atom stereocenters. The highest BCUT2D eigenvalue weighted by Gasteiger charge is 2.14. The molecule has 0 saturated carbocycles. The summed E-state index contributed by atoms with van der Waals surface area (Å²) in [5.74, 6) is 0.191. The van der Waals surface area contributed by atoms with Crippen molar-refractivity contribution in [3.8, 4) is 0 Å². The van der Waals surface area contributed by atoms with Gasteiger partial charge in [0.15, 0.2) is 5.78 Å². The second-order valence-corrected chi connectivity index (χ2v) is 4.20. The smallest absolute Gasteiger partial charge is 0.165 e. The third kappa shape index (κ3) is 2.96. The van der Waals surface area contributed by atoms with E-state index in [-0.39, 0.29) is 11.7 Å². The Labute approximate surface area is 95.4 Å². The van der Waals surface area contributed by atoms with E-state index in [1.807, 2.05) is 6.92 Å². The molecule has 3 heteroatoms. The molecule has 1 rings (SSSR count). The molecule has 0 aliphatic rings. The molecule has 0 amide bonds. The van der Waals surface area contributed by atoms with Gasteiger partial charge in [0, 0.05) is 11.5 Å². The van der Waals surface area contributed by atoms with Crippen LogP contribution in [0.5, 0.6) is 0 Å². The molecule has 0 saturated heterocycles. The maximum atomic E-state index is 11.9. The number of rotatable bonds is 4. The summed E-state index contributed by atoms with van der Waals surface area (Å²) in [6.07, 6.45) is 1.91. The molecule has 0 aliphatic heterocycles. The number of anilines is 1. The van der Waals surface area contributed by atoms with E-state index in [1.54, 1.807) is 18.2 Å². The largest absolute Gasteiger partial charge is 0.398 e. The number of carbonyl (C=O) groups is 1. The number of Topliss-reactive ketones (excluding diaryl/α,β-unsaturated/α-hetero) is 1. The molecule has 82 valence electrons. The van der Waals surface area contributed by atoms with Crippen molar-refractivity contribution in [1.82, 2.24) is 0 Å². The van der Waals surface area contributed by atoms with Gasteiger partial charge in [-0.3, -0.25) is 4.79 Å². The molecule has 0 spiro atoms. The molecule has 0 aromatic heterocycles. The first kappa shape index (κ1) is 12.1. The summed E-state index contributed by atoms with van der Waals surface area (Å²) >= 11 is 5.79. The fraction of sp³-hybridized carbons (Fsp3) is 0.417. The standard InChI is InChI=1S/C12H16ClNO/c1-3-4-8(2)12(15)9-5-6-10(13)11(14)7-9/h5-8H,3-4,14H2,1-2H3. The molecule has 0 aliphatic carbocycles. The van der Waals surface area contributed by atoms with E-state index in [2.05, 4.69) is 6.92 Å². The van der Waals surface area contributed by atoms with Crippen LogP contribution < -0.4 is 5.73 Å². The number of halogens is 1. The molecule has 15 heavy (non-hydrogen) atoms. The SMILES string of the molecule is CCCC(C)C(=O)c1ccc(Cl)c(N)c1. The van der Waals surface area contributed by atoms with E-state index in [4.69, 9.17) is 17.3 Å². The van der Waals surface area contributed by atoms with Crippen molar-refractivity contribution in [1.29, 1.82) is 0 Å². The predicted molar refractivity (Wildman–Crippen MR) is 64.3 cm³/mol. The lowest BCUT2D eigenvalue weighted by molar-refractivity contribution is 0.0923. The van der Waals surface area contributed by atoms with E-state index < -0.39 is 0 Å². The van der Waals surface area contributed by atoms with Crippen LogP contribution in [-0.2, 0) is 0 Å². The van der Waals surface area contributed by atoms with Crippen LogP contribution in [-0.4, -0.2) is 5.78 Å². The second kappa shape index (κ2) is 5.17. The van der Waals surface area contributed by atoms with Crippen LogP contribution >= 0.6 is 11.6 Å². The fourth-order valence-electron chi connectivity index (χ4n) is 1.55. The lowest BCUT2D eigenvalue weighted by Crippen LogP contribution is -2.11. The summed E-state index contributed by atoms with van der Waals surface area (Å²) in [7, 11) is 0. The van der Waals surface area contributed by atoms with Crippen LogP contribution in [0.3, 0.4) is 0 Å². The Bertz CT molecular complexity index is 363. The number of hydrogen-bond donors (Lipinski definition) is 1. The lowest BCUT2D eigenvalue weighted by atomic mass is 9.95. The number of ketones is 1. The Hall–Kier alpha value is -1.02. The molecule has 1 aromatic carbocycles. The zero-order chi connectivity index (χ0) is 11.4. The minimum Gasteiger partial charge on any atom is -0.398 e. The molecule has 0 bridgehead atoms. The van der Waals surface area contributed by atoms with Crippen LogP contribution in [0.1, 0.15) is 37.0 Å². The Morgan fingerprint density at radius 1 is 1.53 bits per heavy atom. The maximum Gasteiger partial charge on any atom is 0.165 e. The molecular formula is C12H16ClNO. The van der Waals surface area contributed by atoms with Gasteiger partial charge in [0.05, 0.1) is 10.7 Å². The molecule has 0 heterocycles. The Balaban J connectivity index is 2.87. The first-order chi connectivity index (χ1) is 7.06. The molecular weight excluding hydrogens is 210 g/mol. The molecule has 1 aromatic rings. The van der Waals surface area contributed by atoms with Gasteiger partial charge in [-0.05, 0) is 24.6 Å². The summed E-state index contributed by atoms with van der Waals surface area (Å²) in [6, 6.07) is 5.05. The van der Waals surface area contributed by atoms with E-state index in [9.17, 15) is 4.79 Å². The normalized spacial score (nSPS) is 12.5. The van der Waals surface area contributed by atoms with Gasteiger partial charge in [0.1, 0.15) is 0 Å². The Morgan fingerprint density at radius 2 is 2.20 bits per heavy atom. The summed E-state index contributed by atoms with van der Waals surface area (Å²) in [4.78, 5) is 11.9. The topological polar surface area (TPSA) is 43.1 Å². The fourth-order valence-corrected chi connectivity index (χ4v) is 1.66. The average Bonchev–Trinajstić information content (AvgIpc) is 2.21. The molecule has 0 fully saturated rings. The van der Waals surface area contributed by atoms with Crippen molar-refractivity contribution in [2.75, 3.05) is 5.73 Å². The van der Waals surface area contributed by atoms with E-state index >= 15 is 0 Å². The van der Waals surface area contributed by atoms with Gasteiger partial charge in [-0.2, -0.15) is 0 Å².